The molecule has 1 saturated heterocycles. The molecular weight excluding hydrogens is 250 g/mol. The number of hydrogen-bond donors (Lipinski definition) is 2. The molecule has 0 aliphatic carbocycles. The number of aromatic carboxylic acids is 1. The van der Waals surface area contributed by atoms with E-state index >= 15 is 0 Å². The van der Waals surface area contributed by atoms with E-state index in [-0.39, 0.29) is 23.0 Å². The van der Waals surface area contributed by atoms with Gasteiger partial charge in [-0.3, -0.25) is 10.1 Å². The molecule has 7 nitrogen and oxygen atoms in total. The average Bonchev–Trinajstić information content (AvgIpc) is 2.74. The molecule has 102 valence electrons. The van der Waals surface area contributed by atoms with E-state index in [2.05, 4.69) is 10.2 Å². The summed E-state index contributed by atoms with van der Waals surface area (Å²) in [6, 6.07) is 4.40. The van der Waals surface area contributed by atoms with Crippen LogP contribution < -0.4 is 5.32 Å². The minimum atomic E-state index is -1.29. The van der Waals surface area contributed by atoms with Gasteiger partial charge in [0.15, 0.2) is 0 Å². The first-order valence-corrected chi connectivity index (χ1v) is 5.95. The molecule has 1 aromatic rings. The number of carboxylic acids is 1. The maximum atomic E-state index is 11.1. The number of rotatable bonds is 4. The summed E-state index contributed by atoms with van der Waals surface area (Å²) in [6.07, 6.45) is 0.880. The summed E-state index contributed by atoms with van der Waals surface area (Å²) >= 11 is 0. The van der Waals surface area contributed by atoms with Crippen LogP contribution in [0.4, 0.5) is 11.4 Å². The van der Waals surface area contributed by atoms with Crippen molar-refractivity contribution < 1.29 is 14.8 Å². The smallest absolute Gasteiger partial charge is 0.342 e. The fourth-order valence-corrected chi connectivity index (χ4v) is 2.30. The molecule has 1 aromatic carbocycles. The lowest BCUT2D eigenvalue weighted by Crippen LogP contribution is -2.24. The Morgan fingerprint density at radius 2 is 2.32 bits per heavy atom. The molecule has 1 fully saturated rings. The second kappa shape index (κ2) is 5.23. The quantitative estimate of drug-likeness (QED) is 0.631. The van der Waals surface area contributed by atoms with Crippen LogP contribution in [0.5, 0.6) is 0 Å². The molecule has 1 aliphatic heterocycles. The van der Waals surface area contributed by atoms with Crippen molar-refractivity contribution in [3.8, 4) is 0 Å². The minimum Gasteiger partial charge on any atom is -0.477 e. The van der Waals surface area contributed by atoms with E-state index in [1.807, 2.05) is 7.05 Å². The number of likely N-dealkylation sites (tertiary alicyclic amines) is 1. The van der Waals surface area contributed by atoms with Crippen LogP contribution in [0.1, 0.15) is 16.8 Å². The summed E-state index contributed by atoms with van der Waals surface area (Å²) in [5.41, 5.74) is -0.392. The standard InChI is InChI=1S/C12H15N3O4/c1-14-6-5-8(7-14)13-10-4-2-3-9(12(16)17)11(10)15(18)19/h2-4,8,13H,5-7H2,1H3,(H,16,17). The first-order valence-electron chi connectivity index (χ1n) is 5.95. The van der Waals surface area contributed by atoms with Crippen molar-refractivity contribution in [1.82, 2.24) is 4.90 Å². The number of anilines is 1. The summed E-state index contributed by atoms with van der Waals surface area (Å²) in [4.78, 5) is 23.6. The van der Waals surface area contributed by atoms with Gasteiger partial charge in [0, 0.05) is 12.6 Å². The first-order chi connectivity index (χ1) is 8.99. The summed E-state index contributed by atoms with van der Waals surface area (Å²) in [6.45, 7) is 1.71. The molecule has 0 spiro atoms. The topological polar surface area (TPSA) is 95.7 Å². The second-order valence-electron chi connectivity index (χ2n) is 4.66. The Balaban J connectivity index is 2.31. The van der Waals surface area contributed by atoms with E-state index in [0.717, 1.165) is 19.5 Å². The number of carbonyl (C=O) groups is 1. The summed E-state index contributed by atoms with van der Waals surface area (Å²) in [7, 11) is 1.98. The fourth-order valence-electron chi connectivity index (χ4n) is 2.30. The Kier molecular flexibility index (Phi) is 3.66. The van der Waals surface area contributed by atoms with Crippen LogP contribution in [0.3, 0.4) is 0 Å². The largest absolute Gasteiger partial charge is 0.477 e. The van der Waals surface area contributed by atoms with Crippen LogP contribution in [-0.4, -0.2) is 47.1 Å². The number of nitro groups is 1. The van der Waals surface area contributed by atoms with Crippen LogP contribution in [0.2, 0.25) is 0 Å². The predicted octanol–water partition coefficient (Wildman–Crippen LogP) is 1.41. The molecule has 7 heteroatoms. The maximum Gasteiger partial charge on any atom is 0.342 e. The Morgan fingerprint density at radius 1 is 1.58 bits per heavy atom. The molecule has 1 unspecified atom stereocenters. The van der Waals surface area contributed by atoms with Gasteiger partial charge < -0.3 is 15.3 Å². The van der Waals surface area contributed by atoms with Crippen molar-refractivity contribution >= 4 is 17.3 Å². The van der Waals surface area contributed by atoms with Gasteiger partial charge in [-0.25, -0.2) is 4.79 Å². The van der Waals surface area contributed by atoms with Crippen molar-refractivity contribution in [2.24, 2.45) is 0 Å². The van der Waals surface area contributed by atoms with Gasteiger partial charge in [0.2, 0.25) is 0 Å². The lowest BCUT2D eigenvalue weighted by molar-refractivity contribution is -0.384. The van der Waals surface area contributed by atoms with Crippen LogP contribution in [-0.2, 0) is 0 Å². The number of nitro benzene ring substituents is 1. The van der Waals surface area contributed by atoms with Gasteiger partial charge in [-0.2, -0.15) is 0 Å². The van der Waals surface area contributed by atoms with E-state index in [1.54, 1.807) is 6.07 Å². The summed E-state index contributed by atoms with van der Waals surface area (Å²) in [5, 5.41) is 23.1. The lowest BCUT2D eigenvalue weighted by atomic mass is 10.1. The zero-order valence-electron chi connectivity index (χ0n) is 10.5. The first kappa shape index (κ1) is 13.3. The number of carboxylic acid groups (broad SMARTS) is 1. The third kappa shape index (κ3) is 2.82. The van der Waals surface area contributed by atoms with E-state index in [1.165, 1.54) is 12.1 Å². The molecule has 2 N–H and O–H groups in total. The highest BCUT2D eigenvalue weighted by Crippen LogP contribution is 2.30. The van der Waals surface area contributed by atoms with Gasteiger partial charge in [0.05, 0.1) is 4.92 Å². The van der Waals surface area contributed by atoms with E-state index in [4.69, 9.17) is 5.11 Å². The summed E-state index contributed by atoms with van der Waals surface area (Å²) in [5.74, 6) is -1.29. The van der Waals surface area contributed by atoms with Crippen LogP contribution in [0.15, 0.2) is 18.2 Å². The Hall–Kier alpha value is -2.15. The van der Waals surface area contributed by atoms with Gasteiger partial charge in [-0.05, 0) is 32.1 Å². The maximum absolute atomic E-state index is 11.1. The highest BCUT2D eigenvalue weighted by molar-refractivity contribution is 5.95. The minimum absolute atomic E-state index is 0.104. The number of nitrogens with one attached hydrogen (secondary N) is 1. The van der Waals surface area contributed by atoms with Crippen LogP contribution >= 0.6 is 0 Å². The Labute approximate surface area is 110 Å². The highest BCUT2D eigenvalue weighted by Gasteiger charge is 2.27. The average molecular weight is 265 g/mol. The van der Waals surface area contributed by atoms with Gasteiger partial charge in [-0.1, -0.05) is 6.07 Å². The zero-order valence-corrected chi connectivity index (χ0v) is 10.5. The van der Waals surface area contributed by atoms with Crippen molar-refractivity contribution in [1.29, 1.82) is 0 Å². The van der Waals surface area contributed by atoms with Crippen molar-refractivity contribution in [2.75, 3.05) is 25.5 Å². The van der Waals surface area contributed by atoms with Crippen LogP contribution in [0, 0.1) is 10.1 Å². The third-order valence-corrected chi connectivity index (χ3v) is 3.20. The molecule has 1 atom stereocenters. The molecule has 1 aliphatic rings. The zero-order chi connectivity index (χ0) is 14.0. The molecule has 0 radical (unpaired) electrons. The van der Waals surface area contributed by atoms with Crippen molar-refractivity contribution in [3.05, 3.63) is 33.9 Å². The number of benzene rings is 1. The van der Waals surface area contributed by atoms with Gasteiger partial charge in [0.25, 0.3) is 0 Å². The van der Waals surface area contributed by atoms with E-state index in [0.29, 0.717) is 0 Å². The Morgan fingerprint density at radius 3 is 2.84 bits per heavy atom. The molecular formula is C12H15N3O4. The molecule has 1 heterocycles. The molecule has 19 heavy (non-hydrogen) atoms. The monoisotopic (exact) mass is 265 g/mol. The van der Waals surface area contributed by atoms with Gasteiger partial charge in [0.1, 0.15) is 11.3 Å². The second-order valence-corrected chi connectivity index (χ2v) is 4.66. The molecule has 2 rings (SSSR count). The fraction of sp³-hybridized carbons (Fsp3) is 0.417. The van der Waals surface area contributed by atoms with Crippen molar-refractivity contribution in [3.63, 3.8) is 0 Å². The molecule has 0 saturated carbocycles. The molecule has 0 bridgehead atoms. The third-order valence-electron chi connectivity index (χ3n) is 3.20. The number of hydrogen-bond acceptors (Lipinski definition) is 5. The molecule has 0 aromatic heterocycles. The Bertz CT molecular complexity index is 518. The number of nitrogens with zero attached hydrogens (tertiary/aromatic N) is 2. The predicted molar refractivity (Wildman–Crippen MR) is 69.6 cm³/mol. The normalized spacial score (nSPS) is 19.3. The van der Waals surface area contributed by atoms with Crippen molar-refractivity contribution in [2.45, 2.75) is 12.5 Å². The lowest BCUT2D eigenvalue weighted by Gasteiger charge is -2.14. The van der Waals surface area contributed by atoms with E-state index < -0.39 is 10.9 Å². The molecule has 0 amide bonds. The number of likely N-dealkylation sites (N-methyl/N-ethyl adjacent to an activating group) is 1. The SMILES string of the molecule is CN1CCC(Nc2cccc(C(=O)O)c2[N+](=O)[O-])C1. The number of para-hydroxylation sites is 1. The summed E-state index contributed by atoms with van der Waals surface area (Å²) < 4.78 is 0. The van der Waals surface area contributed by atoms with Gasteiger partial charge >= 0.3 is 11.7 Å². The van der Waals surface area contributed by atoms with Crippen LogP contribution in [0.25, 0.3) is 0 Å². The van der Waals surface area contributed by atoms with Gasteiger partial charge in [-0.15, -0.1) is 0 Å². The van der Waals surface area contributed by atoms with E-state index in [9.17, 15) is 14.9 Å². The highest BCUT2D eigenvalue weighted by atomic mass is 16.6.